The SMILES string of the molecule is CNCc1cccc(Oc2cc(Cl)ccc2C#N)c1SC.O=C(O)C=CC(=O)O. The fourth-order valence-corrected chi connectivity index (χ4v) is 3.01. The van der Waals surface area contributed by atoms with E-state index in [4.69, 9.17) is 31.8 Å². The van der Waals surface area contributed by atoms with Gasteiger partial charge in [0.05, 0.1) is 10.5 Å². The molecule has 7 nitrogen and oxygen atoms in total. The third-order valence-electron chi connectivity index (χ3n) is 3.28. The third-order valence-corrected chi connectivity index (χ3v) is 4.39. The van der Waals surface area contributed by atoms with Crippen molar-refractivity contribution in [3.05, 3.63) is 64.7 Å². The molecule has 2 rings (SSSR count). The number of hydrogen-bond acceptors (Lipinski definition) is 6. The molecule has 152 valence electrons. The maximum atomic E-state index is 9.55. The van der Waals surface area contributed by atoms with Crippen molar-refractivity contribution in [2.75, 3.05) is 13.3 Å². The van der Waals surface area contributed by atoms with Gasteiger partial charge in [0.2, 0.25) is 0 Å². The minimum atomic E-state index is -1.26. The van der Waals surface area contributed by atoms with Crippen LogP contribution < -0.4 is 10.1 Å². The molecule has 0 atom stereocenters. The molecule has 0 radical (unpaired) electrons. The molecular formula is C20H19ClN2O5S. The Morgan fingerprint density at radius 1 is 1.21 bits per heavy atom. The van der Waals surface area contributed by atoms with Crippen LogP contribution in [0.2, 0.25) is 5.02 Å². The summed E-state index contributed by atoms with van der Waals surface area (Å²) in [5, 5.41) is 28.5. The number of nitrogens with one attached hydrogen (secondary N) is 1. The van der Waals surface area contributed by atoms with Gasteiger partial charge in [-0.1, -0.05) is 23.7 Å². The number of carboxylic acid groups (broad SMARTS) is 2. The second-order valence-electron chi connectivity index (χ2n) is 5.34. The van der Waals surface area contributed by atoms with Crippen LogP contribution in [0.25, 0.3) is 0 Å². The molecule has 0 aromatic heterocycles. The Balaban J connectivity index is 0.000000447. The number of hydrogen-bond donors (Lipinski definition) is 3. The Kier molecular flexibility index (Phi) is 10.3. The van der Waals surface area contributed by atoms with Crippen molar-refractivity contribution in [3.63, 3.8) is 0 Å². The van der Waals surface area contributed by atoms with Crippen molar-refractivity contribution in [2.45, 2.75) is 11.4 Å². The van der Waals surface area contributed by atoms with Crippen LogP contribution >= 0.6 is 23.4 Å². The molecule has 0 aliphatic carbocycles. The van der Waals surface area contributed by atoms with E-state index in [9.17, 15) is 9.59 Å². The molecule has 0 spiro atoms. The standard InChI is InChI=1S/C16H15ClN2OS.C4H4O4/c1-19-10-12-4-3-5-14(16(12)21-2)20-15-8-13(17)7-6-11(15)9-18;5-3(6)1-2-4(7)8/h3-8,19H,10H2,1-2H3;1-2H,(H,5,6)(H,7,8). The van der Waals surface area contributed by atoms with Crippen molar-refractivity contribution in [3.8, 4) is 17.6 Å². The van der Waals surface area contributed by atoms with Gasteiger partial charge < -0.3 is 20.3 Å². The minimum absolute atomic E-state index is 0.463. The maximum absolute atomic E-state index is 9.55. The number of rotatable bonds is 7. The molecule has 29 heavy (non-hydrogen) atoms. The van der Waals surface area contributed by atoms with Crippen LogP contribution in [0, 0.1) is 11.3 Å². The largest absolute Gasteiger partial charge is 0.478 e. The first-order valence-corrected chi connectivity index (χ1v) is 9.74. The number of aliphatic carboxylic acids is 2. The Morgan fingerprint density at radius 2 is 1.86 bits per heavy atom. The van der Waals surface area contributed by atoms with Crippen LogP contribution in [0.3, 0.4) is 0 Å². The highest BCUT2D eigenvalue weighted by molar-refractivity contribution is 7.98. The summed E-state index contributed by atoms with van der Waals surface area (Å²) in [6.45, 7) is 0.758. The molecule has 0 saturated heterocycles. The summed E-state index contributed by atoms with van der Waals surface area (Å²) in [6, 6.07) is 13.0. The molecule has 0 amide bonds. The third kappa shape index (κ3) is 8.27. The van der Waals surface area contributed by atoms with Gasteiger partial charge in [0.15, 0.2) is 0 Å². The quantitative estimate of drug-likeness (QED) is 0.439. The average molecular weight is 435 g/mol. The van der Waals surface area contributed by atoms with Crippen molar-refractivity contribution in [1.82, 2.24) is 5.32 Å². The first-order valence-electron chi connectivity index (χ1n) is 8.14. The highest BCUT2D eigenvalue weighted by atomic mass is 35.5. The zero-order chi connectivity index (χ0) is 21.8. The van der Waals surface area contributed by atoms with Crippen LogP contribution in [-0.4, -0.2) is 35.5 Å². The first-order chi connectivity index (χ1) is 13.8. The number of halogens is 1. The Hall–Kier alpha value is -2.99. The summed E-state index contributed by atoms with van der Waals surface area (Å²) in [6.07, 6.45) is 3.12. The van der Waals surface area contributed by atoms with E-state index >= 15 is 0 Å². The van der Waals surface area contributed by atoms with Gasteiger partial charge in [-0.2, -0.15) is 5.26 Å². The molecule has 0 bridgehead atoms. The summed E-state index contributed by atoms with van der Waals surface area (Å²) < 4.78 is 5.93. The number of nitriles is 1. The number of carbonyl (C=O) groups is 2. The van der Waals surface area contributed by atoms with Crippen molar-refractivity contribution in [2.24, 2.45) is 0 Å². The topological polar surface area (TPSA) is 120 Å². The van der Waals surface area contributed by atoms with Crippen molar-refractivity contribution < 1.29 is 24.5 Å². The maximum Gasteiger partial charge on any atom is 0.328 e. The number of nitrogens with zero attached hydrogens (tertiary/aromatic N) is 1. The van der Waals surface area contributed by atoms with Crippen molar-refractivity contribution >= 4 is 35.3 Å². The molecule has 0 saturated carbocycles. The van der Waals surface area contributed by atoms with Gasteiger partial charge in [-0.05, 0) is 37.1 Å². The summed E-state index contributed by atoms with van der Waals surface area (Å²) >= 11 is 7.61. The van der Waals surface area contributed by atoms with Crippen LogP contribution in [0.1, 0.15) is 11.1 Å². The second-order valence-corrected chi connectivity index (χ2v) is 6.60. The lowest BCUT2D eigenvalue weighted by Gasteiger charge is -2.14. The van der Waals surface area contributed by atoms with Gasteiger partial charge >= 0.3 is 11.9 Å². The van der Waals surface area contributed by atoms with Gasteiger partial charge in [0, 0.05) is 29.8 Å². The number of thioether (sulfide) groups is 1. The van der Waals surface area contributed by atoms with E-state index in [-0.39, 0.29) is 0 Å². The molecule has 2 aromatic rings. The van der Waals surface area contributed by atoms with E-state index in [1.807, 2.05) is 25.4 Å². The highest BCUT2D eigenvalue weighted by Crippen LogP contribution is 2.36. The van der Waals surface area contributed by atoms with Crippen LogP contribution in [0.5, 0.6) is 11.5 Å². The van der Waals surface area contributed by atoms with E-state index in [0.717, 1.165) is 22.8 Å². The fourth-order valence-electron chi connectivity index (χ4n) is 2.14. The summed E-state index contributed by atoms with van der Waals surface area (Å²) in [5.74, 6) is -1.31. The zero-order valence-electron chi connectivity index (χ0n) is 15.7. The molecule has 3 N–H and O–H groups in total. The summed E-state index contributed by atoms with van der Waals surface area (Å²) in [5.41, 5.74) is 1.62. The average Bonchev–Trinajstić information content (AvgIpc) is 2.68. The molecule has 9 heteroatoms. The van der Waals surface area contributed by atoms with E-state index in [1.165, 1.54) is 0 Å². The van der Waals surface area contributed by atoms with Gasteiger partial charge in [-0.25, -0.2) is 9.59 Å². The summed E-state index contributed by atoms with van der Waals surface area (Å²) in [7, 11) is 1.91. The molecule has 2 aromatic carbocycles. The lowest BCUT2D eigenvalue weighted by molar-refractivity contribution is -0.134. The molecule has 0 aliphatic heterocycles. The van der Waals surface area contributed by atoms with E-state index < -0.39 is 11.9 Å². The van der Waals surface area contributed by atoms with E-state index in [2.05, 4.69) is 17.5 Å². The van der Waals surface area contributed by atoms with E-state index in [1.54, 1.807) is 30.0 Å². The lowest BCUT2D eigenvalue weighted by atomic mass is 10.2. The second kappa shape index (κ2) is 12.5. The Labute approximate surface area is 177 Å². The minimum Gasteiger partial charge on any atom is -0.478 e. The molecule has 0 unspecified atom stereocenters. The highest BCUT2D eigenvalue weighted by Gasteiger charge is 2.12. The van der Waals surface area contributed by atoms with Gasteiger partial charge in [0.25, 0.3) is 0 Å². The van der Waals surface area contributed by atoms with Crippen LogP contribution in [0.4, 0.5) is 0 Å². The van der Waals surface area contributed by atoms with Crippen LogP contribution in [-0.2, 0) is 16.1 Å². The zero-order valence-corrected chi connectivity index (χ0v) is 17.3. The predicted molar refractivity (Wildman–Crippen MR) is 112 cm³/mol. The molecular weight excluding hydrogens is 416 g/mol. The summed E-state index contributed by atoms with van der Waals surface area (Å²) in [4.78, 5) is 20.2. The monoisotopic (exact) mass is 434 g/mol. The first kappa shape index (κ1) is 24.0. The normalized spacial score (nSPS) is 10.0. The van der Waals surface area contributed by atoms with E-state index in [0.29, 0.717) is 28.5 Å². The number of carboxylic acids is 2. The van der Waals surface area contributed by atoms with Gasteiger partial charge in [-0.15, -0.1) is 11.8 Å². The van der Waals surface area contributed by atoms with Gasteiger partial charge in [0.1, 0.15) is 17.6 Å². The van der Waals surface area contributed by atoms with Crippen molar-refractivity contribution in [1.29, 1.82) is 5.26 Å². The predicted octanol–water partition coefficient (Wildman–Crippen LogP) is 4.16. The molecule has 0 fully saturated rings. The Bertz CT molecular complexity index is 925. The molecule has 0 aliphatic rings. The molecule has 0 heterocycles. The van der Waals surface area contributed by atoms with Crippen LogP contribution in [0.15, 0.2) is 53.4 Å². The lowest BCUT2D eigenvalue weighted by Crippen LogP contribution is -2.06. The smallest absolute Gasteiger partial charge is 0.328 e. The Morgan fingerprint density at radius 3 is 2.38 bits per heavy atom. The number of benzene rings is 2. The number of ether oxygens (including phenoxy) is 1. The van der Waals surface area contributed by atoms with Gasteiger partial charge in [-0.3, -0.25) is 0 Å². The fraction of sp³-hybridized carbons (Fsp3) is 0.150.